The van der Waals surface area contributed by atoms with Crippen LogP contribution in [-0.2, 0) is 0 Å². The van der Waals surface area contributed by atoms with E-state index in [1.54, 1.807) is 33.2 Å². The number of aromatic nitrogens is 1. The largest absolute Gasteiger partial charge is 0.350 e. The molecule has 0 atom stereocenters. The summed E-state index contributed by atoms with van der Waals surface area (Å²) in [7, 11) is 3.30. The Balaban J connectivity index is 2.47. The van der Waals surface area contributed by atoms with Crippen LogP contribution in [0.2, 0.25) is 0 Å². The number of hydrazine groups is 1. The predicted octanol–water partition coefficient (Wildman–Crippen LogP) is -0.323. The predicted molar refractivity (Wildman–Crippen MR) is 76.2 cm³/mol. The highest BCUT2D eigenvalue weighted by atomic mass is 16.2. The van der Waals surface area contributed by atoms with E-state index in [2.05, 4.69) is 21.0 Å². The van der Waals surface area contributed by atoms with Crippen LogP contribution in [0, 0.1) is 6.92 Å². The minimum Gasteiger partial charge on any atom is -0.350 e. The van der Waals surface area contributed by atoms with E-state index >= 15 is 0 Å². The molecule has 0 unspecified atom stereocenters. The van der Waals surface area contributed by atoms with Crippen LogP contribution in [0.5, 0.6) is 0 Å². The van der Waals surface area contributed by atoms with Crippen LogP contribution >= 0.6 is 0 Å². The smallest absolute Gasteiger partial charge is 0.316 e. The molecule has 1 heterocycles. The number of aryl methyl sites for hydroxylation is 1. The monoisotopic (exact) mass is 280 g/mol. The molecule has 0 spiro atoms. The van der Waals surface area contributed by atoms with Crippen molar-refractivity contribution in [3.63, 3.8) is 0 Å². The fourth-order valence-electron chi connectivity index (χ4n) is 1.48. The summed E-state index contributed by atoms with van der Waals surface area (Å²) in [5.41, 5.74) is 3.55. The second-order valence-corrected chi connectivity index (χ2v) is 4.41. The van der Waals surface area contributed by atoms with Crippen LogP contribution in [0.25, 0.3) is 0 Å². The van der Waals surface area contributed by atoms with Crippen LogP contribution in [0.15, 0.2) is 12.1 Å². The van der Waals surface area contributed by atoms with Crippen molar-refractivity contribution < 1.29 is 9.59 Å². The molecule has 110 valence electrons. The van der Waals surface area contributed by atoms with Crippen molar-refractivity contribution in [1.29, 1.82) is 0 Å². The van der Waals surface area contributed by atoms with Crippen molar-refractivity contribution in [1.82, 2.24) is 20.5 Å². The minimum atomic E-state index is -0.244. The molecule has 1 aromatic heterocycles. The summed E-state index contributed by atoms with van der Waals surface area (Å²) < 4.78 is 0. The normalized spacial score (nSPS) is 9.80. The van der Waals surface area contributed by atoms with Gasteiger partial charge in [-0.3, -0.25) is 4.79 Å². The molecule has 0 aliphatic heterocycles. The van der Waals surface area contributed by atoms with Crippen molar-refractivity contribution in [3.05, 3.63) is 23.4 Å². The molecule has 3 amide bonds. The lowest BCUT2D eigenvalue weighted by molar-refractivity contribution is 0.0953. The van der Waals surface area contributed by atoms with Crippen molar-refractivity contribution >= 4 is 17.8 Å². The standard InChI is InChI=1S/C12H20N6O2/c1-8-6-9(7-10(16-8)17-13)11(19)14-4-5-15-12(20)18(2)3/h6-7H,4-5,13H2,1-3H3,(H,14,19)(H,15,20)(H,16,17). The Labute approximate surface area is 117 Å². The number of nitrogens with two attached hydrogens (primary N) is 1. The zero-order chi connectivity index (χ0) is 15.1. The van der Waals surface area contributed by atoms with Crippen LogP contribution in [0.1, 0.15) is 16.1 Å². The number of nitrogens with one attached hydrogen (secondary N) is 3. The lowest BCUT2D eigenvalue weighted by Crippen LogP contribution is -2.39. The summed E-state index contributed by atoms with van der Waals surface area (Å²) >= 11 is 0. The number of carbonyl (C=O) groups excluding carboxylic acids is 2. The summed E-state index contributed by atoms with van der Waals surface area (Å²) in [6.07, 6.45) is 0. The average molecular weight is 280 g/mol. The van der Waals surface area contributed by atoms with Crippen molar-refractivity contribution in [3.8, 4) is 0 Å². The lowest BCUT2D eigenvalue weighted by Gasteiger charge is -2.12. The van der Waals surface area contributed by atoms with Gasteiger partial charge in [-0.25, -0.2) is 15.6 Å². The molecule has 0 aliphatic carbocycles. The van der Waals surface area contributed by atoms with E-state index in [0.717, 1.165) is 0 Å². The third kappa shape index (κ3) is 4.73. The molecule has 0 radical (unpaired) electrons. The number of amides is 3. The van der Waals surface area contributed by atoms with Gasteiger partial charge < -0.3 is 21.0 Å². The van der Waals surface area contributed by atoms with Crippen LogP contribution in [0.4, 0.5) is 10.6 Å². The fourth-order valence-corrected chi connectivity index (χ4v) is 1.48. The van der Waals surface area contributed by atoms with E-state index in [1.807, 2.05) is 0 Å². The van der Waals surface area contributed by atoms with Gasteiger partial charge in [0.25, 0.3) is 5.91 Å². The summed E-state index contributed by atoms with van der Waals surface area (Å²) in [6, 6.07) is 3.02. The molecule has 20 heavy (non-hydrogen) atoms. The second kappa shape index (κ2) is 7.29. The highest BCUT2D eigenvalue weighted by Gasteiger charge is 2.08. The number of anilines is 1. The van der Waals surface area contributed by atoms with Crippen LogP contribution in [-0.4, -0.2) is 49.0 Å². The van der Waals surface area contributed by atoms with Gasteiger partial charge in [-0.1, -0.05) is 0 Å². The summed E-state index contributed by atoms with van der Waals surface area (Å²) in [6.45, 7) is 2.47. The maximum atomic E-state index is 11.9. The first-order chi connectivity index (χ1) is 9.43. The Hall–Kier alpha value is -2.35. The highest BCUT2D eigenvalue weighted by molar-refractivity contribution is 5.95. The van der Waals surface area contributed by atoms with Gasteiger partial charge in [-0.15, -0.1) is 0 Å². The van der Waals surface area contributed by atoms with Gasteiger partial charge in [0, 0.05) is 38.4 Å². The number of nitrogens with zero attached hydrogens (tertiary/aromatic N) is 2. The van der Waals surface area contributed by atoms with E-state index in [0.29, 0.717) is 30.2 Å². The number of pyridine rings is 1. The molecule has 0 aliphatic rings. The SMILES string of the molecule is Cc1cc(C(=O)NCCNC(=O)N(C)C)cc(NN)n1. The van der Waals surface area contributed by atoms with Gasteiger partial charge in [-0.05, 0) is 19.1 Å². The zero-order valence-electron chi connectivity index (χ0n) is 11.9. The van der Waals surface area contributed by atoms with Crippen LogP contribution < -0.4 is 21.9 Å². The molecule has 1 aromatic rings. The van der Waals surface area contributed by atoms with Crippen LogP contribution in [0.3, 0.4) is 0 Å². The van der Waals surface area contributed by atoms with Gasteiger partial charge in [0.1, 0.15) is 5.82 Å². The molecule has 1 rings (SSSR count). The third-order valence-corrected chi connectivity index (χ3v) is 2.46. The summed E-state index contributed by atoms with van der Waals surface area (Å²) in [5.74, 6) is 5.46. The molecular weight excluding hydrogens is 260 g/mol. The molecule has 0 bridgehead atoms. The summed E-state index contributed by atoms with van der Waals surface area (Å²) in [5, 5.41) is 5.35. The maximum absolute atomic E-state index is 11.9. The number of nitrogen functional groups attached to an aromatic ring is 1. The molecule has 8 heteroatoms. The molecule has 0 saturated carbocycles. The Bertz CT molecular complexity index is 489. The summed E-state index contributed by atoms with van der Waals surface area (Å²) in [4.78, 5) is 28.7. The number of hydrogen-bond donors (Lipinski definition) is 4. The van der Waals surface area contributed by atoms with Gasteiger partial charge in [0.15, 0.2) is 0 Å². The number of urea groups is 1. The maximum Gasteiger partial charge on any atom is 0.316 e. The Kier molecular flexibility index (Phi) is 5.73. The molecule has 0 aromatic carbocycles. The van der Waals surface area contributed by atoms with Crippen molar-refractivity contribution in [2.45, 2.75) is 6.92 Å². The minimum absolute atomic E-state index is 0.200. The molecule has 8 nitrogen and oxygen atoms in total. The van der Waals surface area contributed by atoms with Gasteiger partial charge >= 0.3 is 6.03 Å². The number of rotatable bonds is 5. The van der Waals surface area contributed by atoms with Gasteiger partial charge in [-0.2, -0.15) is 0 Å². The molecule has 5 N–H and O–H groups in total. The Morgan fingerprint density at radius 2 is 1.90 bits per heavy atom. The third-order valence-electron chi connectivity index (χ3n) is 2.46. The van der Waals surface area contributed by atoms with Gasteiger partial charge in [0.2, 0.25) is 0 Å². The second-order valence-electron chi connectivity index (χ2n) is 4.41. The van der Waals surface area contributed by atoms with E-state index in [-0.39, 0.29) is 11.9 Å². The lowest BCUT2D eigenvalue weighted by atomic mass is 10.2. The topological polar surface area (TPSA) is 112 Å². The molecule has 0 fully saturated rings. The van der Waals surface area contributed by atoms with Crippen molar-refractivity contribution in [2.24, 2.45) is 5.84 Å². The first kappa shape index (κ1) is 15.7. The van der Waals surface area contributed by atoms with Crippen molar-refractivity contribution in [2.75, 3.05) is 32.6 Å². The Morgan fingerprint density at radius 1 is 1.25 bits per heavy atom. The van der Waals surface area contributed by atoms with E-state index < -0.39 is 0 Å². The Morgan fingerprint density at radius 3 is 2.50 bits per heavy atom. The first-order valence-electron chi connectivity index (χ1n) is 6.12. The molecule has 0 saturated heterocycles. The quantitative estimate of drug-likeness (QED) is 0.335. The number of hydrogen-bond acceptors (Lipinski definition) is 5. The number of carbonyl (C=O) groups is 2. The molecular formula is C12H20N6O2. The zero-order valence-corrected chi connectivity index (χ0v) is 11.9. The van der Waals surface area contributed by atoms with E-state index in [9.17, 15) is 9.59 Å². The van der Waals surface area contributed by atoms with E-state index in [4.69, 9.17) is 5.84 Å². The average Bonchev–Trinajstić information content (AvgIpc) is 2.42. The highest BCUT2D eigenvalue weighted by Crippen LogP contribution is 2.08. The van der Waals surface area contributed by atoms with E-state index in [1.165, 1.54) is 4.90 Å². The first-order valence-corrected chi connectivity index (χ1v) is 6.12. The fraction of sp³-hybridized carbons (Fsp3) is 0.417. The van der Waals surface area contributed by atoms with Gasteiger partial charge in [0.05, 0.1) is 0 Å².